The van der Waals surface area contributed by atoms with Crippen molar-refractivity contribution in [3.63, 3.8) is 0 Å². The molecular weight excluding hydrogens is 459 g/mol. The Hall–Kier alpha value is -2.43. The molecular formula is C22H28F3N3O4S. The minimum Gasteiger partial charge on any atom is -0.459 e. The van der Waals surface area contributed by atoms with Gasteiger partial charge in [-0.1, -0.05) is 6.92 Å². The standard InChI is InChI=1S/C22H28F3N3O4S/c1-6-21(7-8-21)28-17(30)16-13(2)14(11-26-12-15(29)32-20(3,4)5)33-18(16)27(19(28)31)10-9-22(23,24)25/h11H,6-10,12H2,1-5H3. The molecule has 0 saturated heterocycles. The van der Waals surface area contributed by atoms with Gasteiger partial charge in [-0.05, 0) is 52.5 Å². The van der Waals surface area contributed by atoms with E-state index in [0.717, 1.165) is 20.5 Å². The van der Waals surface area contributed by atoms with Crippen LogP contribution in [0.5, 0.6) is 0 Å². The van der Waals surface area contributed by atoms with Crippen LogP contribution in [0.15, 0.2) is 14.6 Å². The number of aliphatic imine (C=N–C) groups is 1. The van der Waals surface area contributed by atoms with Crippen LogP contribution in [0.4, 0.5) is 13.2 Å². The molecule has 0 unspecified atom stereocenters. The maximum Gasteiger partial charge on any atom is 0.390 e. The summed E-state index contributed by atoms with van der Waals surface area (Å²) in [4.78, 5) is 43.2. The number of nitrogens with zero attached hydrogens (tertiary/aromatic N) is 3. The van der Waals surface area contributed by atoms with Crippen molar-refractivity contribution in [2.24, 2.45) is 4.99 Å². The highest BCUT2D eigenvalue weighted by Gasteiger charge is 2.46. The third-order valence-electron chi connectivity index (χ3n) is 5.68. The van der Waals surface area contributed by atoms with Gasteiger partial charge in [0.1, 0.15) is 17.0 Å². The predicted octanol–water partition coefficient (Wildman–Crippen LogP) is 4.15. The van der Waals surface area contributed by atoms with Gasteiger partial charge in [0.2, 0.25) is 0 Å². The average Bonchev–Trinajstić information content (AvgIpc) is 3.38. The summed E-state index contributed by atoms with van der Waals surface area (Å²) in [5, 5.41) is 0.222. The molecule has 1 aliphatic rings. The largest absolute Gasteiger partial charge is 0.459 e. The lowest BCUT2D eigenvalue weighted by Crippen LogP contribution is -2.45. The van der Waals surface area contributed by atoms with Gasteiger partial charge < -0.3 is 4.74 Å². The Labute approximate surface area is 192 Å². The average molecular weight is 488 g/mol. The van der Waals surface area contributed by atoms with E-state index in [1.54, 1.807) is 27.7 Å². The lowest BCUT2D eigenvalue weighted by atomic mass is 10.1. The first kappa shape index (κ1) is 25.2. The zero-order valence-corrected chi connectivity index (χ0v) is 20.2. The van der Waals surface area contributed by atoms with Crippen molar-refractivity contribution < 1.29 is 22.7 Å². The minimum absolute atomic E-state index is 0.189. The zero-order chi connectivity index (χ0) is 24.8. The summed E-state index contributed by atoms with van der Waals surface area (Å²) in [6.07, 6.45) is -2.41. The molecule has 1 fully saturated rings. The van der Waals surface area contributed by atoms with Gasteiger partial charge in [-0.25, -0.2) is 4.79 Å². The molecule has 1 saturated carbocycles. The number of ether oxygens (including phenoxy) is 1. The van der Waals surface area contributed by atoms with E-state index in [1.807, 2.05) is 6.92 Å². The summed E-state index contributed by atoms with van der Waals surface area (Å²) in [7, 11) is 0. The van der Waals surface area contributed by atoms with Gasteiger partial charge in [0.05, 0.1) is 22.2 Å². The molecule has 0 spiro atoms. The normalized spacial score (nSPS) is 16.0. The first-order valence-corrected chi connectivity index (χ1v) is 11.6. The van der Waals surface area contributed by atoms with Crippen molar-refractivity contribution in [1.82, 2.24) is 9.13 Å². The van der Waals surface area contributed by atoms with E-state index in [9.17, 15) is 27.6 Å². The first-order chi connectivity index (χ1) is 15.2. The monoisotopic (exact) mass is 487 g/mol. The second kappa shape index (κ2) is 8.73. The van der Waals surface area contributed by atoms with E-state index in [1.165, 1.54) is 6.21 Å². The summed E-state index contributed by atoms with van der Waals surface area (Å²) in [5.74, 6) is -0.527. The van der Waals surface area contributed by atoms with Crippen LogP contribution in [0, 0.1) is 6.92 Å². The van der Waals surface area contributed by atoms with Gasteiger partial charge in [0, 0.05) is 12.8 Å². The fourth-order valence-corrected chi connectivity index (χ4v) is 5.01. The van der Waals surface area contributed by atoms with Crippen molar-refractivity contribution in [2.45, 2.75) is 84.2 Å². The molecule has 0 N–H and O–H groups in total. The van der Waals surface area contributed by atoms with Crippen molar-refractivity contribution in [2.75, 3.05) is 6.54 Å². The van der Waals surface area contributed by atoms with Crippen LogP contribution in [0.25, 0.3) is 10.2 Å². The van der Waals surface area contributed by atoms with Crippen LogP contribution in [-0.4, -0.2) is 39.6 Å². The number of halogens is 3. The highest BCUT2D eigenvalue weighted by molar-refractivity contribution is 7.20. The minimum atomic E-state index is -4.45. The highest BCUT2D eigenvalue weighted by atomic mass is 32.1. The number of alkyl halides is 3. The maximum absolute atomic E-state index is 13.3. The number of aromatic nitrogens is 2. The maximum atomic E-state index is 13.3. The molecule has 0 atom stereocenters. The number of carbonyl (C=O) groups is 1. The Morgan fingerprint density at radius 3 is 2.39 bits per heavy atom. The van der Waals surface area contributed by atoms with E-state index in [4.69, 9.17) is 4.74 Å². The fraction of sp³-hybridized carbons (Fsp3) is 0.636. The van der Waals surface area contributed by atoms with Gasteiger partial charge in [0.15, 0.2) is 0 Å². The number of esters is 1. The molecule has 7 nitrogen and oxygen atoms in total. The van der Waals surface area contributed by atoms with Crippen LogP contribution in [0.1, 0.15) is 63.8 Å². The van der Waals surface area contributed by atoms with E-state index in [0.29, 0.717) is 29.7 Å². The Bertz CT molecular complexity index is 1210. The summed E-state index contributed by atoms with van der Waals surface area (Å²) in [6, 6.07) is 0. The van der Waals surface area contributed by atoms with E-state index in [-0.39, 0.29) is 16.8 Å². The highest BCUT2D eigenvalue weighted by Crippen LogP contribution is 2.45. The second-order valence-corrected chi connectivity index (χ2v) is 10.4. The van der Waals surface area contributed by atoms with Gasteiger partial charge in [-0.3, -0.25) is 23.7 Å². The molecule has 33 heavy (non-hydrogen) atoms. The molecule has 2 aromatic heterocycles. The third kappa shape index (κ3) is 5.39. The molecule has 0 bridgehead atoms. The molecule has 2 aromatic rings. The van der Waals surface area contributed by atoms with Crippen molar-refractivity contribution >= 4 is 33.7 Å². The van der Waals surface area contributed by atoms with Gasteiger partial charge in [0.25, 0.3) is 5.56 Å². The number of carbonyl (C=O) groups excluding carboxylic acids is 1. The second-order valence-electron chi connectivity index (χ2n) is 9.35. The lowest BCUT2D eigenvalue weighted by molar-refractivity contribution is -0.152. The SMILES string of the molecule is CCC1(n2c(=O)c3c(C)c(C=NCC(=O)OC(C)(C)C)sc3n(CCC(F)(F)F)c2=O)CC1. The molecule has 0 aromatic carbocycles. The van der Waals surface area contributed by atoms with Gasteiger partial charge in [-0.15, -0.1) is 11.3 Å². The molecule has 0 amide bonds. The van der Waals surface area contributed by atoms with E-state index < -0.39 is 47.5 Å². The van der Waals surface area contributed by atoms with Crippen molar-refractivity contribution in [3.05, 3.63) is 31.3 Å². The lowest BCUT2D eigenvalue weighted by Gasteiger charge is -2.19. The van der Waals surface area contributed by atoms with Crippen LogP contribution >= 0.6 is 11.3 Å². The Morgan fingerprint density at radius 1 is 1.24 bits per heavy atom. The fourth-order valence-electron chi connectivity index (χ4n) is 3.80. The van der Waals surface area contributed by atoms with Crippen LogP contribution < -0.4 is 11.2 Å². The summed E-state index contributed by atoms with van der Waals surface area (Å²) < 4.78 is 46.3. The van der Waals surface area contributed by atoms with Crippen molar-refractivity contribution in [1.29, 1.82) is 0 Å². The molecule has 2 heterocycles. The summed E-state index contributed by atoms with van der Waals surface area (Å²) >= 11 is 1.02. The number of rotatable bonds is 7. The zero-order valence-electron chi connectivity index (χ0n) is 19.3. The number of hydrogen-bond donors (Lipinski definition) is 0. The van der Waals surface area contributed by atoms with E-state index >= 15 is 0 Å². The number of aryl methyl sites for hydroxylation is 2. The molecule has 0 aliphatic heterocycles. The number of hydrogen-bond acceptors (Lipinski definition) is 6. The quantitative estimate of drug-likeness (QED) is 0.434. The molecule has 3 rings (SSSR count). The Kier molecular flexibility index (Phi) is 6.67. The Morgan fingerprint density at radius 2 is 1.88 bits per heavy atom. The van der Waals surface area contributed by atoms with Crippen molar-refractivity contribution in [3.8, 4) is 0 Å². The number of thiophene rings is 1. The van der Waals surface area contributed by atoms with Crippen LogP contribution in [0.2, 0.25) is 0 Å². The van der Waals surface area contributed by atoms with Gasteiger partial charge in [-0.2, -0.15) is 13.2 Å². The molecule has 182 valence electrons. The smallest absolute Gasteiger partial charge is 0.390 e. The predicted molar refractivity (Wildman–Crippen MR) is 122 cm³/mol. The summed E-state index contributed by atoms with van der Waals surface area (Å²) in [6.45, 7) is 7.92. The summed E-state index contributed by atoms with van der Waals surface area (Å²) in [5.41, 5.74) is -1.97. The topological polar surface area (TPSA) is 82.7 Å². The third-order valence-corrected chi connectivity index (χ3v) is 6.93. The molecule has 11 heteroatoms. The molecule has 1 aliphatic carbocycles. The first-order valence-electron chi connectivity index (χ1n) is 10.8. The molecule has 0 radical (unpaired) electrons. The van der Waals surface area contributed by atoms with Gasteiger partial charge >= 0.3 is 17.8 Å². The van der Waals surface area contributed by atoms with Crippen LogP contribution in [-0.2, 0) is 21.6 Å². The van der Waals surface area contributed by atoms with E-state index in [2.05, 4.69) is 4.99 Å². The van der Waals surface area contributed by atoms with Crippen LogP contribution in [0.3, 0.4) is 0 Å². The number of fused-ring (bicyclic) bond motifs is 1. The Balaban J connectivity index is 2.09.